The molecule has 1 aliphatic rings. The number of rotatable bonds is 4. The molecule has 0 spiro atoms. The molecule has 1 aromatic heterocycles. The Balaban J connectivity index is 2.08. The molecule has 0 atom stereocenters. The van der Waals surface area contributed by atoms with Gasteiger partial charge in [-0.15, -0.1) is 0 Å². The second-order valence-corrected chi connectivity index (χ2v) is 3.76. The maximum absolute atomic E-state index is 5.55. The Morgan fingerprint density at radius 2 is 2.36 bits per heavy atom. The molecule has 4 nitrogen and oxygen atoms in total. The second kappa shape index (κ2) is 3.82. The summed E-state index contributed by atoms with van der Waals surface area (Å²) in [6.07, 6.45) is 4.43. The summed E-state index contributed by atoms with van der Waals surface area (Å²) in [7, 11) is 0. The van der Waals surface area contributed by atoms with E-state index in [-0.39, 0.29) is 0 Å². The zero-order valence-electron chi connectivity index (χ0n) is 8.48. The van der Waals surface area contributed by atoms with Gasteiger partial charge in [0, 0.05) is 19.3 Å². The molecule has 1 fully saturated rings. The topological polar surface area (TPSA) is 55.0 Å². The van der Waals surface area contributed by atoms with Gasteiger partial charge in [0.05, 0.1) is 0 Å². The minimum atomic E-state index is 0.358. The van der Waals surface area contributed by atoms with Crippen LogP contribution in [0.4, 0.5) is 11.8 Å². The number of nitrogens with two attached hydrogens (primary N) is 1. The van der Waals surface area contributed by atoms with Gasteiger partial charge in [0.25, 0.3) is 0 Å². The van der Waals surface area contributed by atoms with Crippen molar-refractivity contribution in [2.24, 2.45) is 5.92 Å². The number of aromatic nitrogens is 2. The summed E-state index contributed by atoms with van der Waals surface area (Å²) in [5.41, 5.74) is 5.55. The number of nitrogen functional groups attached to an aromatic ring is 1. The Morgan fingerprint density at radius 1 is 1.57 bits per heavy atom. The van der Waals surface area contributed by atoms with Crippen LogP contribution in [0.1, 0.15) is 19.8 Å². The molecule has 1 saturated carbocycles. The number of nitrogens with zero attached hydrogens (tertiary/aromatic N) is 3. The quantitative estimate of drug-likeness (QED) is 0.781. The van der Waals surface area contributed by atoms with Gasteiger partial charge in [-0.3, -0.25) is 0 Å². The lowest BCUT2D eigenvalue weighted by Gasteiger charge is -2.21. The van der Waals surface area contributed by atoms with Gasteiger partial charge in [-0.05, 0) is 31.7 Å². The lowest BCUT2D eigenvalue weighted by atomic mass is 10.3. The fourth-order valence-corrected chi connectivity index (χ4v) is 1.54. The van der Waals surface area contributed by atoms with Crippen molar-refractivity contribution in [1.29, 1.82) is 0 Å². The predicted octanol–water partition coefficient (Wildman–Crippen LogP) is 1.30. The van der Waals surface area contributed by atoms with Gasteiger partial charge in [0.2, 0.25) is 5.95 Å². The fraction of sp³-hybridized carbons (Fsp3) is 0.600. The van der Waals surface area contributed by atoms with Gasteiger partial charge in [-0.2, -0.15) is 4.98 Å². The Morgan fingerprint density at radius 3 is 2.93 bits per heavy atom. The highest BCUT2D eigenvalue weighted by Crippen LogP contribution is 2.30. The van der Waals surface area contributed by atoms with Gasteiger partial charge in [-0.1, -0.05) is 0 Å². The van der Waals surface area contributed by atoms with E-state index in [9.17, 15) is 0 Å². The molecule has 2 N–H and O–H groups in total. The van der Waals surface area contributed by atoms with Crippen molar-refractivity contribution in [2.45, 2.75) is 19.8 Å². The minimum absolute atomic E-state index is 0.358. The molecule has 0 bridgehead atoms. The van der Waals surface area contributed by atoms with E-state index in [2.05, 4.69) is 21.8 Å². The molecule has 76 valence electrons. The summed E-state index contributed by atoms with van der Waals surface area (Å²) < 4.78 is 0. The lowest BCUT2D eigenvalue weighted by molar-refractivity contribution is 0.731. The maximum Gasteiger partial charge on any atom is 0.221 e. The van der Waals surface area contributed by atoms with Crippen LogP contribution in [0.25, 0.3) is 0 Å². The van der Waals surface area contributed by atoms with Gasteiger partial charge in [0.1, 0.15) is 5.82 Å². The Hall–Kier alpha value is -1.32. The average molecular weight is 192 g/mol. The first-order chi connectivity index (χ1) is 6.79. The van der Waals surface area contributed by atoms with E-state index in [1.807, 2.05) is 6.07 Å². The maximum atomic E-state index is 5.55. The molecule has 0 aromatic carbocycles. The third-order valence-electron chi connectivity index (χ3n) is 2.54. The molecule has 0 radical (unpaired) electrons. The van der Waals surface area contributed by atoms with Gasteiger partial charge in [0.15, 0.2) is 0 Å². The molecular formula is C10H16N4. The standard InChI is InChI=1S/C10H16N4/c1-2-14(7-8-3-4-8)9-5-6-12-10(11)13-9/h5-6,8H,2-4,7H2,1H3,(H2,11,12,13). The first kappa shape index (κ1) is 9.24. The highest BCUT2D eigenvalue weighted by Gasteiger charge is 2.24. The Kier molecular flexibility index (Phi) is 2.52. The molecule has 1 aromatic rings. The van der Waals surface area contributed by atoms with Crippen LogP contribution in [0.3, 0.4) is 0 Å². The highest BCUT2D eigenvalue weighted by atomic mass is 15.2. The monoisotopic (exact) mass is 192 g/mol. The van der Waals surface area contributed by atoms with Crippen LogP contribution in [-0.4, -0.2) is 23.1 Å². The fourth-order valence-electron chi connectivity index (χ4n) is 1.54. The van der Waals surface area contributed by atoms with Crippen molar-refractivity contribution in [3.05, 3.63) is 12.3 Å². The predicted molar refractivity (Wildman–Crippen MR) is 57.1 cm³/mol. The van der Waals surface area contributed by atoms with Crippen LogP contribution in [0, 0.1) is 5.92 Å². The minimum Gasteiger partial charge on any atom is -0.368 e. The first-order valence-electron chi connectivity index (χ1n) is 5.13. The summed E-state index contributed by atoms with van der Waals surface area (Å²) in [5, 5.41) is 0. The second-order valence-electron chi connectivity index (χ2n) is 3.76. The zero-order valence-corrected chi connectivity index (χ0v) is 8.48. The number of hydrogen-bond donors (Lipinski definition) is 1. The third kappa shape index (κ3) is 2.13. The smallest absolute Gasteiger partial charge is 0.221 e. The molecular weight excluding hydrogens is 176 g/mol. The molecule has 4 heteroatoms. The molecule has 0 amide bonds. The van der Waals surface area contributed by atoms with Crippen molar-refractivity contribution < 1.29 is 0 Å². The molecule has 0 unspecified atom stereocenters. The van der Waals surface area contributed by atoms with Crippen LogP contribution < -0.4 is 10.6 Å². The highest BCUT2D eigenvalue weighted by molar-refractivity contribution is 5.40. The van der Waals surface area contributed by atoms with Crippen LogP contribution >= 0.6 is 0 Å². The van der Waals surface area contributed by atoms with E-state index in [1.54, 1.807) is 6.20 Å². The van der Waals surface area contributed by atoms with Crippen LogP contribution in [-0.2, 0) is 0 Å². The van der Waals surface area contributed by atoms with E-state index in [0.29, 0.717) is 5.95 Å². The van der Waals surface area contributed by atoms with Crippen molar-refractivity contribution in [2.75, 3.05) is 23.7 Å². The first-order valence-corrected chi connectivity index (χ1v) is 5.13. The summed E-state index contributed by atoms with van der Waals surface area (Å²) >= 11 is 0. The van der Waals surface area contributed by atoms with E-state index < -0.39 is 0 Å². The van der Waals surface area contributed by atoms with Gasteiger partial charge in [-0.25, -0.2) is 4.98 Å². The van der Waals surface area contributed by atoms with E-state index >= 15 is 0 Å². The zero-order chi connectivity index (χ0) is 9.97. The average Bonchev–Trinajstić information content (AvgIpc) is 2.98. The van der Waals surface area contributed by atoms with Gasteiger partial charge >= 0.3 is 0 Å². The largest absolute Gasteiger partial charge is 0.368 e. The van der Waals surface area contributed by atoms with E-state index in [1.165, 1.54) is 12.8 Å². The number of hydrogen-bond acceptors (Lipinski definition) is 4. The molecule has 1 aliphatic carbocycles. The molecule has 14 heavy (non-hydrogen) atoms. The van der Waals surface area contributed by atoms with Gasteiger partial charge < -0.3 is 10.6 Å². The van der Waals surface area contributed by atoms with Crippen molar-refractivity contribution in [1.82, 2.24) is 9.97 Å². The number of anilines is 2. The van der Waals surface area contributed by atoms with E-state index in [4.69, 9.17) is 5.73 Å². The Bertz CT molecular complexity index is 309. The third-order valence-corrected chi connectivity index (χ3v) is 2.54. The van der Waals surface area contributed by atoms with Crippen molar-refractivity contribution in [3.63, 3.8) is 0 Å². The van der Waals surface area contributed by atoms with Crippen molar-refractivity contribution in [3.8, 4) is 0 Å². The lowest BCUT2D eigenvalue weighted by Crippen LogP contribution is -2.26. The molecule has 0 aliphatic heterocycles. The Labute approximate surface area is 84.2 Å². The summed E-state index contributed by atoms with van der Waals surface area (Å²) in [6.45, 7) is 4.22. The normalized spacial score (nSPS) is 15.5. The summed E-state index contributed by atoms with van der Waals surface area (Å²) in [5.74, 6) is 2.18. The SMILES string of the molecule is CCN(CC1CC1)c1ccnc(N)n1. The van der Waals surface area contributed by atoms with Crippen LogP contribution in [0.5, 0.6) is 0 Å². The summed E-state index contributed by atoms with van der Waals surface area (Å²) in [6, 6.07) is 1.92. The molecule has 0 saturated heterocycles. The molecule has 2 rings (SSSR count). The van der Waals surface area contributed by atoms with Crippen LogP contribution in [0.15, 0.2) is 12.3 Å². The molecule has 1 heterocycles. The van der Waals surface area contributed by atoms with Crippen molar-refractivity contribution >= 4 is 11.8 Å². The van der Waals surface area contributed by atoms with E-state index in [0.717, 1.165) is 24.8 Å². The summed E-state index contributed by atoms with van der Waals surface area (Å²) in [4.78, 5) is 10.4. The van der Waals surface area contributed by atoms with Crippen LogP contribution in [0.2, 0.25) is 0 Å².